The molecule has 0 aliphatic rings. The van der Waals surface area contributed by atoms with Crippen molar-refractivity contribution in [3.63, 3.8) is 0 Å². The van der Waals surface area contributed by atoms with Gasteiger partial charge < -0.3 is 4.74 Å². The molecule has 0 saturated carbocycles. The first-order valence-corrected chi connectivity index (χ1v) is 6.25. The van der Waals surface area contributed by atoms with Crippen LogP contribution in [-0.4, -0.2) is 36.0 Å². The molecule has 0 radical (unpaired) electrons. The highest BCUT2D eigenvalue weighted by molar-refractivity contribution is 5.87. The topological polar surface area (TPSA) is 26.3 Å². The monoisotopic (exact) mass is 396 g/mol. The van der Waals surface area contributed by atoms with Gasteiger partial charge in [-0.1, -0.05) is 6.58 Å². The Bertz CT molecular complexity index is 508. The van der Waals surface area contributed by atoms with Crippen molar-refractivity contribution in [2.75, 3.05) is 0 Å². The Balaban J connectivity index is 5.47. The maximum absolute atomic E-state index is 13.3. The molecule has 0 aromatic rings. The Hall–Kier alpha value is -1.56. The van der Waals surface area contributed by atoms with Crippen molar-refractivity contribution in [2.45, 2.75) is 56.2 Å². The molecule has 0 spiro atoms. The molecule has 0 N–H and O–H groups in total. The normalized spacial score (nSPS) is 14.4. The predicted molar refractivity (Wildman–Crippen MR) is 60.6 cm³/mol. The van der Waals surface area contributed by atoms with Gasteiger partial charge >= 0.3 is 36.0 Å². The van der Waals surface area contributed by atoms with Crippen LogP contribution in [0.3, 0.4) is 0 Å². The first-order chi connectivity index (χ1) is 10.8. The second-order valence-corrected chi connectivity index (χ2v) is 5.01. The lowest BCUT2D eigenvalue weighted by molar-refractivity contribution is -0.416. The van der Waals surface area contributed by atoms with E-state index in [1.807, 2.05) is 0 Å². The standard InChI is InChI=1S/C12H11F11O2/c1-6(2)7(24)25-12(22,23)11(20,21)10(18,19)8(13,14)4-3-5-9(15,16)17/h1,3-5H2,2H3. The minimum absolute atomic E-state index is 0.681. The van der Waals surface area contributed by atoms with Crippen molar-refractivity contribution in [1.29, 1.82) is 0 Å². The molecule has 25 heavy (non-hydrogen) atoms. The lowest BCUT2D eigenvalue weighted by atomic mass is 9.98. The number of carbonyl (C=O) groups excluding carboxylic acids is 1. The summed E-state index contributed by atoms with van der Waals surface area (Å²) < 4.78 is 144. The number of hydrogen-bond donors (Lipinski definition) is 0. The van der Waals surface area contributed by atoms with E-state index in [0.717, 1.165) is 0 Å². The fourth-order valence-electron chi connectivity index (χ4n) is 1.35. The van der Waals surface area contributed by atoms with Gasteiger partial charge in [0.25, 0.3) is 0 Å². The lowest BCUT2D eigenvalue weighted by Gasteiger charge is -2.35. The quantitative estimate of drug-likeness (QED) is 0.315. The summed E-state index contributed by atoms with van der Waals surface area (Å²) >= 11 is 0. The number of alkyl halides is 11. The van der Waals surface area contributed by atoms with Crippen LogP contribution in [0.15, 0.2) is 12.2 Å². The van der Waals surface area contributed by atoms with Crippen LogP contribution in [0.4, 0.5) is 48.3 Å². The van der Waals surface area contributed by atoms with Crippen molar-refractivity contribution >= 4 is 5.97 Å². The second-order valence-electron chi connectivity index (χ2n) is 5.01. The minimum atomic E-state index is -6.91. The zero-order chi connectivity index (χ0) is 20.5. The highest BCUT2D eigenvalue weighted by Gasteiger charge is 2.82. The predicted octanol–water partition coefficient (Wildman–Crippen LogP) is 5.34. The number of halogens is 11. The van der Waals surface area contributed by atoms with Gasteiger partial charge in [-0.2, -0.15) is 48.3 Å². The molecule has 0 unspecified atom stereocenters. The van der Waals surface area contributed by atoms with Gasteiger partial charge in [-0.3, -0.25) is 0 Å². The highest BCUT2D eigenvalue weighted by Crippen LogP contribution is 2.54. The molecule has 0 aromatic carbocycles. The van der Waals surface area contributed by atoms with E-state index in [4.69, 9.17) is 0 Å². The molecule has 0 rings (SSSR count). The second kappa shape index (κ2) is 6.98. The molecule has 0 amide bonds. The van der Waals surface area contributed by atoms with Gasteiger partial charge in [-0.05, 0) is 13.3 Å². The molecule has 0 atom stereocenters. The minimum Gasteiger partial charge on any atom is -0.393 e. The number of ether oxygens (including phenoxy) is 1. The number of rotatable bonds is 8. The SMILES string of the molecule is C=C(C)C(=O)OC(F)(F)C(F)(F)C(F)(F)C(F)(F)CCCC(F)(F)F. The maximum atomic E-state index is 13.3. The zero-order valence-electron chi connectivity index (χ0n) is 12.3. The fourth-order valence-corrected chi connectivity index (χ4v) is 1.35. The van der Waals surface area contributed by atoms with E-state index in [1.54, 1.807) is 0 Å². The van der Waals surface area contributed by atoms with Gasteiger partial charge in [0.1, 0.15) is 0 Å². The van der Waals surface area contributed by atoms with Crippen LogP contribution < -0.4 is 0 Å². The first kappa shape index (κ1) is 23.4. The highest BCUT2D eigenvalue weighted by atomic mass is 19.4. The summed E-state index contributed by atoms with van der Waals surface area (Å²) in [6, 6.07) is 0. The summed E-state index contributed by atoms with van der Waals surface area (Å²) in [5.74, 6) is -21.9. The average Bonchev–Trinajstić information content (AvgIpc) is 2.35. The van der Waals surface area contributed by atoms with E-state index in [1.165, 1.54) is 0 Å². The Kier molecular flexibility index (Phi) is 6.55. The Morgan fingerprint density at radius 1 is 0.840 bits per heavy atom. The molecule has 13 heteroatoms. The van der Waals surface area contributed by atoms with Crippen molar-refractivity contribution in [2.24, 2.45) is 0 Å². The third kappa shape index (κ3) is 5.21. The summed E-state index contributed by atoms with van der Waals surface area (Å²) in [6.07, 6.45) is -17.6. The van der Waals surface area contributed by atoms with Gasteiger partial charge in [0.15, 0.2) is 0 Å². The van der Waals surface area contributed by atoms with Gasteiger partial charge in [0, 0.05) is 18.4 Å². The molecule has 0 heterocycles. The Morgan fingerprint density at radius 3 is 1.64 bits per heavy atom. The van der Waals surface area contributed by atoms with Crippen LogP contribution in [0.25, 0.3) is 0 Å². The summed E-state index contributed by atoms with van der Waals surface area (Å²) in [4.78, 5) is 10.8. The largest absolute Gasteiger partial charge is 0.473 e. The first-order valence-electron chi connectivity index (χ1n) is 6.25. The van der Waals surface area contributed by atoms with Gasteiger partial charge in [-0.15, -0.1) is 0 Å². The van der Waals surface area contributed by atoms with Crippen molar-refractivity contribution < 1.29 is 57.8 Å². The number of hydrogen-bond acceptors (Lipinski definition) is 2. The van der Waals surface area contributed by atoms with E-state index in [0.29, 0.717) is 6.92 Å². The van der Waals surface area contributed by atoms with Crippen molar-refractivity contribution in [3.05, 3.63) is 12.2 Å². The Morgan fingerprint density at radius 2 is 1.28 bits per heavy atom. The lowest BCUT2D eigenvalue weighted by Crippen LogP contribution is -2.63. The average molecular weight is 396 g/mol. The van der Waals surface area contributed by atoms with Crippen LogP contribution in [0.2, 0.25) is 0 Å². The molecule has 2 nitrogen and oxygen atoms in total. The van der Waals surface area contributed by atoms with E-state index in [9.17, 15) is 53.1 Å². The van der Waals surface area contributed by atoms with Crippen LogP contribution in [0.5, 0.6) is 0 Å². The zero-order valence-corrected chi connectivity index (χ0v) is 12.3. The fraction of sp³-hybridized carbons (Fsp3) is 0.750. The Labute approximate surface area is 133 Å². The molecule has 0 saturated heterocycles. The molecule has 0 aromatic heterocycles. The van der Waals surface area contributed by atoms with E-state index >= 15 is 0 Å². The number of carbonyl (C=O) groups is 1. The van der Waals surface area contributed by atoms with Gasteiger partial charge in [-0.25, -0.2) is 4.79 Å². The molecular formula is C12H11F11O2. The smallest absolute Gasteiger partial charge is 0.393 e. The van der Waals surface area contributed by atoms with E-state index in [2.05, 4.69) is 11.3 Å². The van der Waals surface area contributed by atoms with Gasteiger partial charge in [0.2, 0.25) is 0 Å². The summed E-state index contributed by atoms with van der Waals surface area (Å²) in [5, 5.41) is 0. The molecule has 0 aliphatic carbocycles. The molecule has 0 aliphatic heterocycles. The molecular weight excluding hydrogens is 385 g/mol. The van der Waals surface area contributed by atoms with Crippen LogP contribution in [0, 0.1) is 0 Å². The summed E-state index contributed by atoms with van der Waals surface area (Å²) in [7, 11) is 0. The van der Waals surface area contributed by atoms with E-state index < -0.39 is 60.9 Å². The van der Waals surface area contributed by atoms with Gasteiger partial charge in [0.05, 0.1) is 0 Å². The van der Waals surface area contributed by atoms with Crippen LogP contribution >= 0.6 is 0 Å². The molecule has 0 bridgehead atoms. The maximum Gasteiger partial charge on any atom is 0.473 e. The molecule has 0 fully saturated rings. The third-order valence-electron chi connectivity index (χ3n) is 2.74. The molecule has 148 valence electrons. The number of esters is 1. The van der Waals surface area contributed by atoms with Crippen molar-refractivity contribution in [3.8, 4) is 0 Å². The van der Waals surface area contributed by atoms with Crippen molar-refractivity contribution in [1.82, 2.24) is 0 Å². The van der Waals surface area contributed by atoms with E-state index in [-0.39, 0.29) is 0 Å². The summed E-state index contributed by atoms with van der Waals surface area (Å²) in [6.45, 7) is 3.38. The third-order valence-corrected chi connectivity index (χ3v) is 2.74. The summed E-state index contributed by atoms with van der Waals surface area (Å²) in [5.41, 5.74) is -0.921. The van der Waals surface area contributed by atoms with Crippen LogP contribution in [0.1, 0.15) is 26.2 Å². The van der Waals surface area contributed by atoms with Crippen LogP contribution in [-0.2, 0) is 9.53 Å².